The summed E-state index contributed by atoms with van der Waals surface area (Å²) in [5, 5.41) is 0. The van der Waals surface area contributed by atoms with Crippen molar-refractivity contribution < 1.29 is 47.6 Å². The molecule has 0 aromatic carbocycles. The van der Waals surface area contributed by atoms with Gasteiger partial charge in [0.1, 0.15) is 6.10 Å². The summed E-state index contributed by atoms with van der Waals surface area (Å²) >= 11 is 28.7. The SMILES string of the molecule is CC(=O)O[C@H]1O[C@H](COC(Cl)(Cl)C(Cl)(Cl)Cl)[C@@H](OC(C)=O)[C@H](OC(C)=O)[C@H]1OC(C)=O. The standard InChI is InChI=1S/C16H19Cl5O10/c1-6(22)27-11-10(5-26-16(20,21)15(17,18)19)31-14(30-9(4)25)13(29-8(3)24)12(11)28-7(2)23/h10-14H,5H2,1-4H3/t10-,11-,12+,13-,14+/m1/s1. The minimum atomic E-state index is -2.37. The minimum Gasteiger partial charge on any atom is -0.456 e. The van der Waals surface area contributed by atoms with E-state index in [1.54, 1.807) is 0 Å². The van der Waals surface area contributed by atoms with Crippen molar-refractivity contribution in [3.05, 3.63) is 0 Å². The Morgan fingerprint density at radius 1 is 0.710 bits per heavy atom. The summed E-state index contributed by atoms with van der Waals surface area (Å²) in [4.78, 5) is 46.5. The van der Waals surface area contributed by atoms with Crippen molar-refractivity contribution in [2.45, 2.75) is 66.7 Å². The van der Waals surface area contributed by atoms with Crippen LogP contribution in [-0.2, 0) is 47.6 Å². The molecular weight excluding hydrogens is 529 g/mol. The third kappa shape index (κ3) is 8.60. The fourth-order valence-corrected chi connectivity index (χ4v) is 2.81. The lowest BCUT2D eigenvalue weighted by Gasteiger charge is -2.44. The Hall–Kier alpha value is -0.750. The summed E-state index contributed by atoms with van der Waals surface area (Å²) in [6, 6.07) is 0. The maximum absolute atomic E-state index is 11.7. The third-order valence-electron chi connectivity index (χ3n) is 3.54. The van der Waals surface area contributed by atoms with Gasteiger partial charge in [-0.05, 0) is 0 Å². The Balaban J connectivity index is 3.34. The lowest BCUT2D eigenvalue weighted by Crippen LogP contribution is -2.63. The average Bonchev–Trinajstić information content (AvgIpc) is 2.56. The highest BCUT2D eigenvalue weighted by atomic mass is 35.6. The Morgan fingerprint density at radius 3 is 1.55 bits per heavy atom. The van der Waals surface area contributed by atoms with Gasteiger partial charge in [-0.1, -0.05) is 58.0 Å². The van der Waals surface area contributed by atoms with Crippen molar-refractivity contribution in [3.8, 4) is 0 Å². The largest absolute Gasteiger partial charge is 0.456 e. The monoisotopic (exact) mass is 546 g/mol. The molecule has 0 aliphatic carbocycles. The van der Waals surface area contributed by atoms with E-state index in [0.29, 0.717) is 0 Å². The van der Waals surface area contributed by atoms with Gasteiger partial charge in [-0.3, -0.25) is 19.2 Å². The molecule has 31 heavy (non-hydrogen) atoms. The number of alkyl halides is 5. The molecule has 0 radical (unpaired) electrons. The first kappa shape index (κ1) is 28.3. The average molecular weight is 549 g/mol. The van der Waals surface area contributed by atoms with Gasteiger partial charge in [0.05, 0.1) is 6.61 Å². The molecule has 0 saturated carbocycles. The van der Waals surface area contributed by atoms with E-state index in [1.165, 1.54) is 0 Å². The summed E-state index contributed by atoms with van der Waals surface area (Å²) < 4.78 is 26.6. The quantitative estimate of drug-likeness (QED) is 0.266. The van der Waals surface area contributed by atoms with Crippen molar-refractivity contribution >= 4 is 81.9 Å². The highest BCUT2D eigenvalue weighted by Gasteiger charge is 2.55. The molecular formula is C16H19Cl5O10. The molecule has 0 unspecified atom stereocenters. The maximum atomic E-state index is 11.7. The highest BCUT2D eigenvalue weighted by Crippen LogP contribution is 2.47. The van der Waals surface area contributed by atoms with Crippen LogP contribution >= 0.6 is 58.0 Å². The molecule has 1 aliphatic heterocycles. The Labute approximate surface area is 202 Å². The number of carbonyl (C=O) groups is 4. The number of halogens is 5. The molecule has 1 aliphatic rings. The van der Waals surface area contributed by atoms with E-state index in [0.717, 1.165) is 27.7 Å². The van der Waals surface area contributed by atoms with Crippen molar-refractivity contribution in [2.75, 3.05) is 6.61 Å². The predicted molar refractivity (Wildman–Crippen MR) is 108 cm³/mol. The number of carbonyl (C=O) groups excluding carboxylic acids is 4. The van der Waals surface area contributed by atoms with Gasteiger partial charge >= 0.3 is 23.9 Å². The molecule has 5 atom stereocenters. The van der Waals surface area contributed by atoms with Crippen LogP contribution in [-0.4, -0.2) is 69.5 Å². The Bertz CT molecular complexity index is 695. The van der Waals surface area contributed by atoms with Gasteiger partial charge in [0, 0.05) is 27.7 Å². The van der Waals surface area contributed by atoms with Crippen molar-refractivity contribution in [2.24, 2.45) is 0 Å². The van der Waals surface area contributed by atoms with E-state index in [1.807, 2.05) is 0 Å². The second-order valence-electron chi connectivity index (χ2n) is 6.20. The molecule has 0 bridgehead atoms. The number of rotatable bonds is 7. The lowest BCUT2D eigenvalue weighted by atomic mass is 9.98. The summed E-state index contributed by atoms with van der Waals surface area (Å²) in [6.45, 7) is 3.65. The molecule has 178 valence electrons. The van der Waals surface area contributed by atoms with Crippen LogP contribution in [0.2, 0.25) is 0 Å². The van der Waals surface area contributed by atoms with Crippen LogP contribution in [0.15, 0.2) is 0 Å². The topological polar surface area (TPSA) is 124 Å². The van der Waals surface area contributed by atoms with Crippen LogP contribution in [0.1, 0.15) is 27.7 Å². The highest BCUT2D eigenvalue weighted by molar-refractivity contribution is 6.75. The fraction of sp³-hybridized carbons (Fsp3) is 0.750. The van der Waals surface area contributed by atoms with Crippen LogP contribution in [0.4, 0.5) is 0 Å². The number of hydrogen-bond acceptors (Lipinski definition) is 10. The van der Waals surface area contributed by atoms with E-state index < -0.39 is 69.5 Å². The van der Waals surface area contributed by atoms with Gasteiger partial charge < -0.3 is 28.4 Å². The molecule has 0 aromatic rings. The summed E-state index contributed by atoms with van der Waals surface area (Å²) in [6.07, 6.45) is -7.29. The zero-order valence-corrected chi connectivity index (χ0v) is 20.3. The third-order valence-corrected chi connectivity index (χ3v) is 5.70. The molecule has 0 N–H and O–H groups in total. The predicted octanol–water partition coefficient (Wildman–Crippen LogP) is 2.59. The first-order valence-corrected chi connectivity index (χ1v) is 10.4. The van der Waals surface area contributed by atoms with Gasteiger partial charge in [-0.15, -0.1) is 0 Å². The van der Waals surface area contributed by atoms with Gasteiger partial charge in [0.15, 0.2) is 12.2 Å². The van der Waals surface area contributed by atoms with Crippen LogP contribution in [0.25, 0.3) is 0 Å². The van der Waals surface area contributed by atoms with Gasteiger partial charge in [-0.25, -0.2) is 0 Å². The molecule has 0 aromatic heterocycles. The Morgan fingerprint density at radius 2 is 1.13 bits per heavy atom. The first-order chi connectivity index (χ1) is 14.0. The lowest BCUT2D eigenvalue weighted by molar-refractivity contribution is -0.302. The zero-order chi connectivity index (χ0) is 24.1. The molecule has 10 nitrogen and oxygen atoms in total. The number of hydrogen-bond donors (Lipinski definition) is 0. The number of esters is 4. The van der Waals surface area contributed by atoms with Crippen LogP contribution in [0.3, 0.4) is 0 Å². The van der Waals surface area contributed by atoms with Crippen molar-refractivity contribution in [3.63, 3.8) is 0 Å². The van der Waals surface area contributed by atoms with Crippen LogP contribution in [0, 0.1) is 0 Å². The normalized spacial score (nSPS) is 26.5. The van der Waals surface area contributed by atoms with Crippen molar-refractivity contribution in [1.29, 1.82) is 0 Å². The van der Waals surface area contributed by atoms with Crippen LogP contribution < -0.4 is 0 Å². The van der Waals surface area contributed by atoms with Gasteiger partial charge in [0.25, 0.3) is 4.52 Å². The Kier molecular flexibility index (Phi) is 10.4. The van der Waals surface area contributed by atoms with E-state index in [2.05, 4.69) is 0 Å². The van der Waals surface area contributed by atoms with Crippen LogP contribution in [0.5, 0.6) is 0 Å². The van der Waals surface area contributed by atoms with E-state index in [4.69, 9.17) is 86.4 Å². The second-order valence-corrected chi connectivity index (χ2v) is 9.74. The maximum Gasteiger partial charge on any atom is 0.305 e. The molecule has 0 spiro atoms. The van der Waals surface area contributed by atoms with E-state index >= 15 is 0 Å². The van der Waals surface area contributed by atoms with Crippen molar-refractivity contribution in [1.82, 2.24) is 0 Å². The molecule has 1 heterocycles. The van der Waals surface area contributed by atoms with Gasteiger partial charge in [-0.2, -0.15) is 0 Å². The van der Waals surface area contributed by atoms with Gasteiger partial charge in [0.2, 0.25) is 16.2 Å². The minimum absolute atomic E-state index is 0.596. The second kappa shape index (κ2) is 11.4. The fourth-order valence-electron chi connectivity index (χ4n) is 2.52. The number of ether oxygens (including phenoxy) is 6. The zero-order valence-electron chi connectivity index (χ0n) is 16.6. The summed E-state index contributed by atoms with van der Waals surface area (Å²) in [5.74, 6) is -3.28. The molecule has 1 fully saturated rings. The smallest absolute Gasteiger partial charge is 0.305 e. The summed E-state index contributed by atoms with van der Waals surface area (Å²) in [5.41, 5.74) is 0. The molecule has 1 saturated heterocycles. The first-order valence-electron chi connectivity index (χ1n) is 8.48. The van der Waals surface area contributed by atoms with E-state index in [9.17, 15) is 19.2 Å². The van der Waals surface area contributed by atoms with E-state index in [-0.39, 0.29) is 0 Å². The molecule has 0 amide bonds. The molecule has 15 heteroatoms. The molecule has 1 rings (SSSR count). The summed E-state index contributed by atoms with van der Waals surface area (Å²) in [7, 11) is 0.